The van der Waals surface area contributed by atoms with E-state index >= 15 is 0 Å². The van der Waals surface area contributed by atoms with E-state index in [9.17, 15) is 4.79 Å². The van der Waals surface area contributed by atoms with E-state index < -0.39 is 0 Å². The molecular weight excluding hydrogens is 398 g/mol. The lowest BCUT2D eigenvalue weighted by Crippen LogP contribution is -2.23. The minimum Gasteiger partial charge on any atom is -0.304 e. The van der Waals surface area contributed by atoms with Crippen LogP contribution >= 0.6 is 11.6 Å². The molecule has 0 radical (unpaired) electrons. The van der Waals surface area contributed by atoms with Crippen molar-refractivity contribution < 1.29 is 0 Å². The van der Waals surface area contributed by atoms with Gasteiger partial charge in [0, 0.05) is 11.6 Å². The molecule has 0 amide bonds. The molecule has 3 aromatic heterocycles. The summed E-state index contributed by atoms with van der Waals surface area (Å²) in [5.74, 6) is 0.324. The van der Waals surface area contributed by atoms with Crippen LogP contribution in [0.25, 0.3) is 33.2 Å². The average Bonchev–Trinajstić information content (AvgIpc) is 3.03. The van der Waals surface area contributed by atoms with Crippen LogP contribution < -0.4 is 5.56 Å². The molecule has 6 nitrogen and oxygen atoms in total. The van der Waals surface area contributed by atoms with Gasteiger partial charge < -0.3 is 4.57 Å². The van der Waals surface area contributed by atoms with Gasteiger partial charge in [-0.1, -0.05) is 55.8 Å². The van der Waals surface area contributed by atoms with Crippen molar-refractivity contribution in [1.82, 2.24) is 24.1 Å². The average molecular weight is 418 g/mol. The van der Waals surface area contributed by atoms with Crippen LogP contribution in [0.2, 0.25) is 5.02 Å². The highest BCUT2D eigenvalue weighted by Gasteiger charge is 2.20. The van der Waals surface area contributed by atoms with Gasteiger partial charge in [0.2, 0.25) is 0 Å². The first kappa shape index (κ1) is 18.8. The number of aromatic nitrogens is 5. The maximum Gasteiger partial charge on any atom is 0.265 e. The van der Waals surface area contributed by atoms with Gasteiger partial charge in [-0.2, -0.15) is 0 Å². The molecule has 0 aliphatic heterocycles. The molecule has 0 fully saturated rings. The van der Waals surface area contributed by atoms with Crippen LogP contribution in [0, 0.1) is 5.92 Å². The maximum atomic E-state index is 13.4. The number of rotatable bonds is 4. The van der Waals surface area contributed by atoms with Crippen molar-refractivity contribution in [2.45, 2.75) is 26.9 Å². The molecule has 0 atom stereocenters. The molecule has 0 aliphatic rings. The lowest BCUT2D eigenvalue weighted by atomic mass is 10.2. The number of nitrogens with zero attached hydrogens (tertiary/aromatic N) is 5. The molecule has 0 saturated carbocycles. The third-order valence-corrected chi connectivity index (χ3v) is 5.53. The second-order valence-corrected chi connectivity index (χ2v) is 8.26. The van der Waals surface area contributed by atoms with Gasteiger partial charge in [-0.05, 0) is 29.7 Å². The SMILES string of the molecule is CC(C)Cn1cnc2c(c1=O)c1nc3ccccc3nc1n2Cc1ccccc1Cl. The molecule has 0 bridgehead atoms. The number of hydrogen-bond acceptors (Lipinski definition) is 4. The number of para-hydroxylation sites is 2. The van der Waals surface area contributed by atoms with Gasteiger partial charge in [0.05, 0.1) is 23.9 Å². The third-order valence-electron chi connectivity index (χ3n) is 5.17. The van der Waals surface area contributed by atoms with Crippen LogP contribution in [-0.2, 0) is 13.1 Å². The van der Waals surface area contributed by atoms with E-state index in [0.29, 0.717) is 46.2 Å². The minimum atomic E-state index is -0.0961. The summed E-state index contributed by atoms with van der Waals surface area (Å²) in [6, 6.07) is 15.3. The summed E-state index contributed by atoms with van der Waals surface area (Å²) in [5, 5.41) is 1.16. The first-order valence-corrected chi connectivity index (χ1v) is 10.3. The van der Waals surface area contributed by atoms with E-state index in [2.05, 4.69) is 18.8 Å². The zero-order valence-corrected chi connectivity index (χ0v) is 17.5. The van der Waals surface area contributed by atoms with E-state index in [1.54, 1.807) is 10.9 Å². The van der Waals surface area contributed by atoms with Crippen molar-refractivity contribution in [2.75, 3.05) is 0 Å². The van der Waals surface area contributed by atoms with Crippen LogP contribution in [0.5, 0.6) is 0 Å². The van der Waals surface area contributed by atoms with Gasteiger partial charge in [0.25, 0.3) is 5.56 Å². The fourth-order valence-electron chi connectivity index (χ4n) is 3.81. The quantitative estimate of drug-likeness (QED) is 0.427. The fraction of sp³-hybridized carbons (Fsp3) is 0.217. The lowest BCUT2D eigenvalue weighted by molar-refractivity contribution is 0.508. The summed E-state index contributed by atoms with van der Waals surface area (Å²) in [4.78, 5) is 27.7. The van der Waals surface area contributed by atoms with Gasteiger partial charge in [0.1, 0.15) is 10.9 Å². The Morgan fingerprint density at radius 1 is 0.967 bits per heavy atom. The molecule has 30 heavy (non-hydrogen) atoms. The van der Waals surface area contributed by atoms with E-state index in [1.807, 2.05) is 53.1 Å². The summed E-state index contributed by atoms with van der Waals surface area (Å²) in [7, 11) is 0. The molecule has 7 heteroatoms. The number of benzene rings is 2. The summed E-state index contributed by atoms with van der Waals surface area (Å²) in [6.07, 6.45) is 1.62. The van der Waals surface area contributed by atoms with Crippen molar-refractivity contribution in [1.29, 1.82) is 0 Å². The molecule has 5 aromatic rings. The first-order valence-electron chi connectivity index (χ1n) is 9.90. The molecule has 0 unspecified atom stereocenters. The monoisotopic (exact) mass is 417 g/mol. The van der Waals surface area contributed by atoms with Gasteiger partial charge in [-0.3, -0.25) is 9.36 Å². The zero-order chi connectivity index (χ0) is 20.8. The summed E-state index contributed by atoms with van der Waals surface area (Å²) in [6.45, 7) is 5.20. The maximum absolute atomic E-state index is 13.4. The highest BCUT2D eigenvalue weighted by atomic mass is 35.5. The van der Waals surface area contributed by atoms with Crippen LogP contribution in [0.1, 0.15) is 19.4 Å². The van der Waals surface area contributed by atoms with Crippen molar-refractivity contribution >= 4 is 44.8 Å². The smallest absolute Gasteiger partial charge is 0.265 e. The topological polar surface area (TPSA) is 65.6 Å². The molecule has 150 valence electrons. The number of fused-ring (bicyclic) bond motifs is 4. The van der Waals surface area contributed by atoms with Crippen LogP contribution in [-0.4, -0.2) is 24.1 Å². The zero-order valence-electron chi connectivity index (χ0n) is 16.7. The second-order valence-electron chi connectivity index (χ2n) is 7.86. The summed E-state index contributed by atoms with van der Waals surface area (Å²) in [5.41, 5.74) is 4.14. The number of hydrogen-bond donors (Lipinski definition) is 0. The van der Waals surface area contributed by atoms with Crippen molar-refractivity contribution in [3.05, 3.63) is 75.8 Å². The molecule has 3 heterocycles. The summed E-state index contributed by atoms with van der Waals surface area (Å²) < 4.78 is 3.59. The molecule has 0 aliphatic carbocycles. The standard InChI is InChI=1S/C23H20ClN5O/c1-14(2)11-28-13-25-21-19(23(28)30)20-22(27-18-10-6-5-9-17(18)26-20)29(21)12-15-7-3-4-8-16(15)24/h3-10,13-14H,11-12H2,1-2H3. The normalized spacial score (nSPS) is 11.9. The van der Waals surface area contributed by atoms with Gasteiger partial charge >= 0.3 is 0 Å². The van der Waals surface area contributed by atoms with Gasteiger partial charge in [0.15, 0.2) is 11.3 Å². The minimum absolute atomic E-state index is 0.0961. The van der Waals surface area contributed by atoms with Crippen molar-refractivity contribution in [3.8, 4) is 0 Å². The van der Waals surface area contributed by atoms with Gasteiger partial charge in [-0.15, -0.1) is 0 Å². The van der Waals surface area contributed by atoms with Crippen molar-refractivity contribution in [2.24, 2.45) is 5.92 Å². The van der Waals surface area contributed by atoms with E-state index in [0.717, 1.165) is 16.6 Å². The molecule has 2 aromatic carbocycles. The Balaban J connectivity index is 1.86. The Bertz CT molecular complexity index is 1470. The Kier molecular flexibility index (Phi) is 4.51. The molecule has 0 saturated heterocycles. The first-order chi connectivity index (χ1) is 14.5. The Morgan fingerprint density at radius 3 is 2.40 bits per heavy atom. The Labute approximate surface area is 177 Å². The van der Waals surface area contributed by atoms with E-state index in [-0.39, 0.29) is 5.56 Å². The Hall–Kier alpha value is -3.25. The molecular formula is C23H20ClN5O. The molecule has 5 rings (SSSR count). The van der Waals surface area contributed by atoms with Gasteiger partial charge in [-0.25, -0.2) is 15.0 Å². The largest absolute Gasteiger partial charge is 0.304 e. The Morgan fingerprint density at radius 2 is 1.67 bits per heavy atom. The van der Waals surface area contributed by atoms with Crippen LogP contribution in [0.4, 0.5) is 0 Å². The second kappa shape index (κ2) is 7.22. The van der Waals surface area contributed by atoms with E-state index in [1.165, 1.54) is 0 Å². The fourth-order valence-corrected chi connectivity index (χ4v) is 4.01. The van der Waals surface area contributed by atoms with Crippen LogP contribution in [0.3, 0.4) is 0 Å². The van der Waals surface area contributed by atoms with Crippen LogP contribution in [0.15, 0.2) is 59.7 Å². The third kappa shape index (κ3) is 3.04. The molecule has 0 N–H and O–H groups in total. The highest BCUT2D eigenvalue weighted by Crippen LogP contribution is 2.27. The van der Waals surface area contributed by atoms with E-state index in [4.69, 9.17) is 21.6 Å². The molecule has 0 spiro atoms. The number of halogens is 1. The highest BCUT2D eigenvalue weighted by molar-refractivity contribution is 6.31. The van der Waals surface area contributed by atoms with Crippen molar-refractivity contribution in [3.63, 3.8) is 0 Å². The predicted molar refractivity (Wildman–Crippen MR) is 120 cm³/mol. The predicted octanol–water partition coefficient (Wildman–Crippen LogP) is 4.65. The summed E-state index contributed by atoms with van der Waals surface area (Å²) >= 11 is 6.42. The lowest BCUT2D eigenvalue weighted by Gasteiger charge is -2.10.